The summed E-state index contributed by atoms with van der Waals surface area (Å²) in [6.07, 6.45) is 2.60. The fourth-order valence-electron chi connectivity index (χ4n) is 1.49. The van der Waals surface area contributed by atoms with Crippen LogP contribution in [0.15, 0.2) is 25.0 Å². The third-order valence-electron chi connectivity index (χ3n) is 2.56. The zero-order chi connectivity index (χ0) is 11.8. The predicted molar refractivity (Wildman–Crippen MR) is 75.1 cm³/mol. The first-order chi connectivity index (χ1) is 8.22. The minimum Gasteiger partial charge on any atom is -0.446 e. The average molecular weight is 378 g/mol. The molecule has 2 heterocycles. The Morgan fingerprint density at radius 3 is 2.94 bits per heavy atom. The lowest BCUT2D eigenvalue weighted by Gasteiger charge is -1.97. The second-order valence-electron chi connectivity index (χ2n) is 4.03. The lowest BCUT2D eigenvalue weighted by Crippen LogP contribution is -2.15. The van der Waals surface area contributed by atoms with E-state index in [-0.39, 0.29) is 0 Å². The van der Waals surface area contributed by atoms with Gasteiger partial charge in [0, 0.05) is 24.0 Å². The molecule has 0 radical (unpaired) electrons. The van der Waals surface area contributed by atoms with Crippen molar-refractivity contribution in [3.63, 3.8) is 0 Å². The van der Waals surface area contributed by atoms with Crippen LogP contribution in [0.2, 0.25) is 0 Å². The Morgan fingerprint density at radius 1 is 1.47 bits per heavy atom. The average Bonchev–Trinajstić information content (AvgIpc) is 2.92. The van der Waals surface area contributed by atoms with E-state index in [9.17, 15) is 0 Å². The van der Waals surface area contributed by atoms with Crippen LogP contribution in [-0.4, -0.2) is 11.0 Å². The van der Waals surface area contributed by atoms with E-state index < -0.39 is 0 Å². The van der Waals surface area contributed by atoms with Crippen LogP contribution in [-0.2, 0) is 6.54 Å². The molecule has 0 aliphatic heterocycles. The SMILES string of the molecule is Brc1cc(-c2nc(CNC3CC3)cs2)oc1Br. The van der Waals surface area contributed by atoms with Crippen LogP contribution < -0.4 is 5.32 Å². The minimum atomic E-state index is 0.709. The van der Waals surface area contributed by atoms with Gasteiger partial charge in [-0.3, -0.25) is 0 Å². The molecule has 1 fully saturated rings. The molecule has 0 saturated heterocycles. The molecular weight excluding hydrogens is 368 g/mol. The molecular formula is C11H10Br2N2OS. The molecule has 0 amide bonds. The summed E-state index contributed by atoms with van der Waals surface area (Å²) in [7, 11) is 0. The molecule has 2 aromatic heterocycles. The van der Waals surface area contributed by atoms with Crippen LogP contribution in [0.3, 0.4) is 0 Å². The van der Waals surface area contributed by atoms with E-state index in [2.05, 4.69) is 47.5 Å². The zero-order valence-corrected chi connectivity index (χ0v) is 12.9. The quantitative estimate of drug-likeness (QED) is 0.868. The Balaban J connectivity index is 1.74. The maximum Gasteiger partial charge on any atom is 0.184 e. The van der Waals surface area contributed by atoms with Gasteiger partial charge in [0.1, 0.15) is 0 Å². The lowest BCUT2D eigenvalue weighted by atomic mass is 10.4. The molecule has 1 aliphatic carbocycles. The molecule has 0 spiro atoms. The van der Waals surface area contributed by atoms with Gasteiger partial charge in [-0.2, -0.15) is 0 Å². The van der Waals surface area contributed by atoms with E-state index >= 15 is 0 Å². The summed E-state index contributed by atoms with van der Waals surface area (Å²) in [5, 5.41) is 6.45. The standard InChI is InChI=1S/C11H10Br2N2OS/c12-8-3-9(16-10(8)13)11-15-7(5-17-11)4-14-6-1-2-6/h3,5-6,14H,1-2,4H2. The van der Waals surface area contributed by atoms with Gasteiger partial charge >= 0.3 is 0 Å². The Bertz CT molecular complexity index is 514. The summed E-state index contributed by atoms with van der Waals surface area (Å²) in [6.45, 7) is 0.851. The third kappa shape index (κ3) is 2.81. The first-order valence-electron chi connectivity index (χ1n) is 5.35. The van der Waals surface area contributed by atoms with Crippen molar-refractivity contribution in [2.75, 3.05) is 0 Å². The summed E-state index contributed by atoms with van der Waals surface area (Å²) in [4.78, 5) is 4.56. The van der Waals surface area contributed by atoms with Crippen molar-refractivity contribution in [3.05, 3.63) is 26.3 Å². The first kappa shape index (κ1) is 11.9. The molecule has 0 aromatic carbocycles. The van der Waals surface area contributed by atoms with Gasteiger partial charge in [-0.25, -0.2) is 4.98 Å². The molecule has 1 saturated carbocycles. The van der Waals surface area contributed by atoms with E-state index in [0.717, 1.165) is 27.5 Å². The molecule has 90 valence electrons. The van der Waals surface area contributed by atoms with Gasteiger partial charge in [-0.1, -0.05) is 0 Å². The molecule has 1 aliphatic rings. The number of aromatic nitrogens is 1. The van der Waals surface area contributed by atoms with Crippen LogP contribution >= 0.6 is 43.2 Å². The van der Waals surface area contributed by atoms with E-state index in [0.29, 0.717) is 10.7 Å². The van der Waals surface area contributed by atoms with Crippen molar-refractivity contribution < 1.29 is 4.42 Å². The number of nitrogens with zero attached hydrogens (tertiary/aromatic N) is 1. The van der Waals surface area contributed by atoms with Crippen molar-refractivity contribution in [2.45, 2.75) is 25.4 Å². The zero-order valence-electron chi connectivity index (χ0n) is 8.87. The highest BCUT2D eigenvalue weighted by atomic mass is 79.9. The van der Waals surface area contributed by atoms with Gasteiger partial charge in [-0.05, 0) is 44.7 Å². The maximum atomic E-state index is 5.55. The monoisotopic (exact) mass is 376 g/mol. The summed E-state index contributed by atoms with van der Waals surface area (Å²) in [5.41, 5.74) is 1.08. The molecule has 0 atom stereocenters. The number of rotatable bonds is 4. The van der Waals surface area contributed by atoms with E-state index in [4.69, 9.17) is 4.42 Å². The molecule has 6 heteroatoms. The smallest absolute Gasteiger partial charge is 0.184 e. The second kappa shape index (κ2) is 4.84. The van der Waals surface area contributed by atoms with Gasteiger partial charge in [0.05, 0.1) is 10.2 Å². The van der Waals surface area contributed by atoms with Gasteiger partial charge in [0.25, 0.3) is 0 Å². The lowest BCUT2D eigenvalue weighted by molar-refractivity contribution is 0.553. The van der Waals surface area contributed by atoms with Crippen molar-refractivity contribution in [1.29, 1.82) is 0 Å². The van der Waals surface area contributed by atoms with E-state index in [1.54, 1.807) is 11.3 Å². The summed E-state index contributed by atoms with van der Waals surface area (Å²) >= 11 is 8.34. The Kier molecular flexibility index (Phi) is 3.38. The van der Waals surface area contributed by atoms with E-state index in [1.807, 2.05) is 6.07 Å². The first-order valence-corrected chi connectivity index (χ1v) is 7.82. The van der Waals surface area contributed by atoms with Crippen LogP contribution in [0.1, 0.15) is 18.5 Å². The Morgan fingerprint density at radius 2 is 2.29 bits per heavy atom. The molecule has 0 unspecified atom stereocenters. The van der Waals surface area contributed by atoms with Crippen molar-refractivity contribution in [1.82, 2.24) is 10.3 Å². The maximum absolute atomic E-state index is 5.55. The van der Waals surface area contributed by atoms with Gasteiger partial charge < -0.3 is 9.73 Å². The van der Waals surface area contributed by atoms with Crippen LogP contribution in [0.5, 0.6) is 0 Å². The van der Waals surface area contributed by atoms with Crippen LogP contribution in [0, 0.1) is 0 Å². The fourth-order valence-corrected chi connectivity index (χ4v) is 2.84. The van der Waals surface area contributed by atoms with Crippen molar-refractivity contribution >= 4 is 43.2 Å². The van der Waals surface area contributed by atoms with Gasteiger partial charge in [0.2, 0.25) is 0 Å². The predicted octanol–water partition coefficient (Wildman–Crippen LogP) is 4.18. The van der Waals surface area contributed by atoms with E-state index in [1.165, 1.54) is 12.8 Å². The Labute approximate surface area is 120 Å². The highest BCUT2D eigenvalue weighted by Gasteiger charge is 2.20. The summed E-state index contributed by atoms with van der Waals surface area (Å²) in [6, 6.07) is 2.65. The summed E-state index contributed by atoms with van der Waals surface area (Å²) < 4.78 is 7.17. The third-order valence-corrected chi connectivity index (χ3v) is 5.17. The molecule has 2 aromatic rings. The van der Waals surface area contributed by atoms with Crippen LogP contribution in [0.25, 0.3) is 10.8 Å². The molecule has 1 N–H and O–H groups in total. The topological polar surface area (TPSA) is 38.1 Å². The van der Waals surface area contributed by atoms with Crippen LogP contribution in [0.4, 0.5) is 0 Å². The fraction of sp³-hybridized carbons (Fsp3) is 0.364. The van der Waals surface area contributed by atoms with Gasteiger partial charge in [-0.15, -0.1) is 11.3 Å². The molecule has 0 bridgehead atoms. The minimum absolute atomic E-state index is 0.709. The van der Waals surface area contributed by atoms with Crippen molar-refractivity contribution in [2.24, 2.45) is 0 Å². The Hall–Kier alpha value is -0.170. The normalized spacial score (nSPS) is 15.4. The highest BCUT2D eigenvalue weighted by Crippen LogP contribution is 2.34. The highest BCUT2D eigenvalue weighted by molar-refractivity contribution is 9.13. The number of thiazole rings is 1. The largest absolute Gasteiger partial charge is 0.446 e. The number of furan rings is 1. The summed E-state index contributed by atoms with van der Waals surface area (Å²) in [5.74, 6) is 0.798. The number of halogens is 2. The molecule has 17 heavy (non-hydrogen) atoms. The van der Waals surface area contributed by atoms with Crippen molar-refractivity contribution in [3.8, 4) is 10.8 Å². The number of hydrogen-bond donors (Lipinski definition) is 1. The number of hydrogen-bond acceptors (Lipinski definition) is 4. The van der Waals surface area contributed by atoms with Gasteiger partial charge in [0.15, 0.2) is 15.4 Å². The molecule has 3 nitrogen and oxygen atoms in total. The second-order valence-corrected chi connectivity index (χ2v) is 6.46. The molecule has 3 rings (SSSR count). The number of nitrogens with one attached hydrogen (secondary N) is 1.